The van der Waals surface area contributed by atoms with E-state index in [2.05, 4.69) is 12.2 Å². The number of esters is 1. The summed E-state index contributed by atoms with van der Waals surface area (Å²) in [6.45, 7) is 2.00. The maximum absolute atomic E-state index is 12.6. The molecule has 4 saturated carbocycles. The van der Waals surface area contributed by atoms with E-state index in [1.165, 1.54) is 52.7 Å². The minimum Gasteiger partial charge on any atom is -0.497 e. The summed E-state index contributed by atoms with van der Waals surface area (Å²) in [5.41, 5.74) is 0.521. The van der Waals surface area contributed by atoms with Crippen molar-refractivity contribution >= 4 is 11.9 Å². The van der Waals surface area contributed by atoms with E-state index in [-0.39, 0.29) is 35.3 Å². The van der Waals surface area contributed by atoms with Gasteiger partial charge in [-0.1, -0.05) is 0 Å². The summed E-state index contributed by atoms with van der Waals surface area (Å²) in [4.78, 5) is 24.6. The highest BCUT2D eigenvalue weighted by atomic mass is 16.5. The van der Waals surface area contributed by atoms with Crippen LogP contribution in [0.4, 0.5) is 0 Å². The van der Waals surface area contributed by atoms with Gasteiger partial charge >= 0.3 is 5.97 Å². The summed E-state index contributed by atoms with van der Waals surface area (Å²) in [7, 11) is 2.85. The SMILES string of the molecule is COC(=O)c1ccc(OC)cc1OCC(=O)N[C@@H](C)C12CC3CC(CC(C3)C1)C2. The van der Waals surface area contributed by atoms with E-state index in [9.17, 15) is 9.59 Å². The van der Waals surface area contributed by atoms with Crippen LogP contribution in [0.2, 0.25) is 0 Å². The molecule has 4 bridgehead atoms. The standard InChI is InChI=1S/C23H31NO5/c1-14(23-10-15-6-16(11-23)8-17(7-15)12-23)24-21(25)13-29-20-9-18(27-2)4-5-19(20)22(26)28-3/h4-5,9,14-17H,6-8,10-13H2,1-3H3,(H,24,25)/t14-,15?,16?,17?,23?/m0/s1. The Morgan fingerprint density at radius 1 is 1.10 bits per heavy atom. The molecule has 4 aliphatic rings. The molecule has 0 saturated heterocycles. The third kappa shape index (κ3) is 3.94. The second-order valence-electron chi connectivity index (χ2n) is 9.21. The molecule has 0 aliphatic heterocycles. The highest BCUT2D eigenvalue weighted by Gasteiger charge is 2.53. The predicted molar refractivity (Wildman–Crippen MR) is 108 cm³/mol. The molecule has 6 nitrogen and oxygen atoms in total. The summed E-state index contributed by atoms with van der Waals surface area (Å²) in [5, 5.41) is 3.19. The number of hydrogen-bond donors (Lipinski definition) is 1. The number of ether oxygens (including phenoxy) is 3. The van der Waals surface area contributed by atoms with Crippen molar-refractivity contribution in [2.24, 2.45) is 23.2 Å². The van der Waals surface area contributed by atoms with Crippen molar-refractivity contribution in [3.8, 4) is 11.5 Å². The van der Waals surface area contributed by atoms with Crippen LogP contribution in [0.3, 0.4) is 0 Å². The molecule has 29 heavy (non-hydrogen) atoms. The lowest BCUT2D eigenvalue weighted by Crippen LogP contribution is -2.56. The maximum Gasteiger partial charge on any atom is 0.341 e. The zero-order valence-electron chi connectivity index (χ0n) is 17.5. The Bertz CT molecular complexity index is 754. The van der Waals surface area contributed by atoms with E-state index < -0.39 is 5.97 Å². The van der Waals surface area contributed by atoms with Gasteiger partial charge in [0.1, 0.15) is 17.1 Å². The van der Waals surface area contributed by atoms with Gasteiger partial charge in [-0.3, -0.25) is 4.79 Å². The predicted octanol–water partition coefficient (Wildman–Crippen LogP) is 3.58. The molecule has 1 amide bonds. The lowest BCUT2D eigenvalue weighted by molar-refractivity contribution is -0.127. The normalized spacial score (nSPS) is 30.5. The van der Waals surface area contributed by atoms with Crippen LogP contribution < -0.4 is 14.8 Å². The number of nitrogens with one attached hydrogen (secondary N) is 1. The van der Waals surface area contributed by atoms with Crippen molar-refractivity contribution in [2.45, 2.75) is 51.5 Å². The molecule has 4 fully saturated rings. The van der Waals surface area contributed by atoms with Gasteiger partial charge in [-0.25, -0.2) is 4.79 Å². The average molecular weight is 402 g/mol. The van der Waals surface area contributed by atoms with Gasteiger partial charge in [0, 0.05) is 12.1 Å². The quantitative estimate of drug-likeness (QED) is 0.707. The van der Waals surface area contributed by atoms with Crippen LogP contribution in [0, 0.1) is 23.2 Å². The maximum atomic E-state index is 12.6. The van der Waals surface area contributed by atoms with E-state index in [0.717, 1.165) is 17.8 Å². The van der Waals surface area contributed by atoms with Gasteiger partial charge in [-0.15, -0.1) is 0 Å². The monoisotopic (exact) mass is 401 g/mol. The lowest BCUT2D eigenvalue weighted by Gasteiger charge is -2.59. The average Bonchev–Trinajstić information content (AvgIpc) is 2.70. The van der Waals surface area contributed by atoms with Crippen LogP contribution in [0.25, 0.3) is 0 Å². The minimum atomic E-state index is -0.509. The molecule has 5 rings (SSSR count). The number of benzene rings is 1. The first-order valence-corrected chi connectivity index (χ1v) is 10.6. The number of methoxy groups -OCH3 is 2. The van der Waals surface area contributed by atoms with Crippen molar-refractivity contribution in [2.75, 3.05) is 20.8 Å². The van der Waals surface area contributed by atoms with Gasteiger partial charge in [0.05, 0.1) is 14.2 Å². The zero-order valence-corrected chi connectivity index (χ0v) is 17.5. The Labute approximate surface area is 172 Å². The Balaban J connectivity index is 1.39. The first-order valence-electron chi connectivity index (χ1n) is 10.6. The van der Waals surface area contributed by atoms with Gasteiger partial charge in [-0.05, 0) is 80.8 Å². The number of carbonyl (C=O) groups is 2. The highest BCUT2D eigenvalue weighted by Crippen LogP contribution is 2.61. The molecule has 0 heterocycles. The molecule has 158 valence electrons. The Kier molecular flexibility index (Phi) is 5.45. The molecule has 1 N–H and O–H groups in total. The smallest absolute Gasteiger partial charge is 0.341 e. The summed E-state index contributed by atoms with van der Waals surface area (Å²) in [5.74, 6) is 2.70. The number of amides is 1. The van der Waals surface area contributed by atoms with Crippen molar-refractivity contribution in [3.63, 3.8) is 0 Å². The first-order chi connectivity index (χ1) is 13.9. The van der Waals surface area contributed by atoms with Crippen molar-refractivity contribution in [1.82, 2.24) is 5.32 Å². The van der Waals surface area contributed by atoms with E-state index in [1.54, 1.807) is 18.2 Å². The highest BCUT2D eigenvalue weighted by molar-refractivity contribution is 5.92. The molecule has 6 heteroatoms. The Morgan fingerprint density at radius 2 is 1.72 bits per heavy atom. The third-order valence-electron chi connectivity index (χ3n) is 7.33. The molecule has 0 aromatic heterocycles. The second kappa shape index (κ2) is 7.88. The fraction of sp³-hybridized carbons (Fsp3) is 0.652. The molecular weight excluding hydrogens is 370 g/mol. The summed E-state index contributed by atoms with van der Waals surface area (Å²) in [6, 6.07) is 4.98. The molecule has 0 unspecified atom stereocenters. The largest absolute Gasteiger partial charge is 0.497 e. The summed E-state index contributed by atoms with van der Waals surface area (Å²) >= 11 is 0. The molecular formula is C23H31NO5. The van der Waals surface area contributed by atoms with Gasteiger partial charge in [0.25, 0.3) is 5.91 Å². The summed E-state index contributed by atoms with van der Waals surface area (Å²) < 4.78 is 15.7. The van der Waals surface area contributed by atoms with Crippen LogP contribution in [-0.2, 0) is 9.53 Å². The third-order valence-corrected chi connectivity index (χ3v) is 7.33. The molecule has 4 aliphatic carbocycles. The van der Waals surface area contributed by atoms with E-state index in [4.69, 9.17) is 14.2 Å². The Morgan fingerprint density at radius 3 is 2.28 bits per heavy atom. The van der Waals surface area contributed by atoms with Gasteiger partial charge in [-0.2, -0.15) is 0 Å². The Hall–Kier alpha value is -2.24. The fourth-order valence-corrected chi connectivity index (χ4v) is 6.32. The molecule has 1 aromatic carbocycles. The minimum absolute atomic E-state index is 0.136. The number of rotatable bonds is 7. The molecule has 1 aromatic rings. The van der Waals surface area contributed by atoms with Gasteiger partial charge in [0.15, 0.2) is 6.61 Å². The molecule has 1 atom stereocenters. The van der Waals surface area contributed by atoms with Crippen LogP contribution in [0.5, 0.6) is 11.5 Å². The summed E-state index contributed by atoms with van der Waals surface area (Å²) in [6.07, 6.45) is 7.87. The topological polar surface area (TPSA) is 73.9 Å². The zero-order chi connectivity index (χ0) is 20.6. The van der Waals surface area contributed by atoms with E-state index in [0.29, 0.717) is 5.75 Å². The van der Waals surface area contributed by atoms with Crippen molar-refractivity contribution < 1.29 is 23.8 Å². The van der Waals surface area contributed by atoms with E-state index >= 15 is 0 Å². The van der Waals surface area contributed by atoms with Crippen LogP contribution in [0.15, 0.2) is 18.2 Å². The lowest BCUT2D eigenvalue weighted by atomic mass is 9.48. The molecule has 0 radical (unpaired) electrons. The molecule has 0 spiro atoms. The van der Waals surface area contributed by atoms with Crippen molar-refractivity contribution in [3.05, 3.63) is 23.8 Å². The van der Waals surface area contributed by atoms with Crippen LogP contribution in [0.1, 0.15) is 55.8 Å². The second-order valence-corrected chi connectivity index (χ2v) is 9.21. The van der Waals surface area contributed by atoms with Crippen LogP contribution in [-0.4, -0.2) is 38.7 Å². The van der Waals surface area contributed by atoms with Gasteiger partial charge < -0.3 is 19.5 Å². The fourth-order valence-electron chi connectivity index (χ4n) is 6.32. The van der Waals surface area contributed by atoms with Crippen molar-refractivity contribution in [1.29, 1.82) is 0 Å². The van der Waals surface area contributed by atoms with E-state index in [1.807, 2.05) is 0 Å². The number of hydrogen-bond acceptors (Lipinski definition) is 5. The first kappa shape index (κ1) is 20.0. The van der Waals surface area contributed by atoms with Crippen LogP contribution >= 0.6 is 0 Å². The van der Waals surface area contributed by atoms with Gasteiger partial charge in [0.2, 0.25) is 0 Å². The number of carbonyl (C=O) groups excluding carboxylic acids is 2.